The van der Waals surface area contributed by atoms with Crippen LogP contribution in [0.2, 0.25) is 0 Å². The lowest BCUT2D eigenvalue weighted by Crippen LogP contribution is -2.63. The van der Waals surface area contributed by atoms with Gasteiger partial charge in [-0.1, -0.05) is 0 Å². The molecule has 1 atom stereocenters. The van der Waals surface area contributed by atoms with Crippen molar-refractivity contribution in [2.24, 2.45) is 5.92 Å². The van der Waals surface area contributed by atoms with Gasteiger partial charge in [0.25, 0.3) is 0 Å². The van der Waals surface area contributed by atoms with E-state index in [2.05, 4.69) is 5.32 Å². The summed E-state index contributed by atoms with van der Waals surface area (Å²) in [6, 6.07) is 6.45. The van der Waals surface area contributed by atoms with Gasteiger partial charge in [0.1, 0.15) is 5.75 Å². The van der Waals surface area contributed by atoms with Crippen LogP contribution in [0, 0.1) is 5.92 Å². The van der Waals surface area contributed by atoms with Gasteiger partial charge in [0.2, 0.25) is 17.7 Å². The molecule has 0 saturated carbocycles. The number of amides is 5. The zero-order valence-electron chi connectivity index (χ0n) is 14.9. The van der Waals surface area contributed by atoms with Crippen molar-refractivity contribution in [1.29, 1.82) is 0 Å². The largest absolute Gasteiger partial charge is 0.497 e. The summed E-state index contributed by atoms with van der Waals surface area (Å²) in [5.74, 6) is -0.181. The van der Waals surface area contributed by atoms with Gasteiger partial charge in [0.05, 0.1) is 25.6 Å². The molecule has 0 aromatic heterocycles. The summed E-state index contributed by atoms with van der Waals surface area (Å²) in [5.41, 5.74) is 0.733. The second-order valence-corrected chi connectivity index (χ2v) is 6.92. The molecule has 1 N–H and O–H groups in total. The van der Waals surface area contributed by atoms with Gasteiger partial charge in [-0.15, -0.1) is 0 Å². The molecule has 0 spiro atoms. The summed E-state index contributed by atoms with van der Waals surface area (Å²) in [7, 11) is 1.57. The lowest BCUT2D eigenvalue weighted by Gasteiger charge is -2.43. The SMILES string of the molecule is COc1ccc(N2CC(C(=O)N3CC(N4C(=O)CNC4=O)C3)CC2=O)cc1. The first-order valence-electron chi connectivity index (χ1n) is 8.81. The average Bonchev–Trinajstić information content (AvgIpc) is 3.17. The number of rotatable bonds is 4. The summed E-state index contributed by atoms with van der Waals surface area (Å²) in [5, 5.41) is 2.48. The predicted octanol–water partition coefficient (Wildman–Crippen LogP) is -0.189. The topological polar surface area (TPSA) is 99.3 Å². The van der Waals surface area contributed by atoms with Gasteiger partial charge in [-0.3, -0.25) is 19.3 Å². The molecule has 9 heteroatoms. The lowest BCUT2D eigenvalue weighted by atomic mass is 10.0. The van der Waals surface area contributed by atoms with Crippen LogP contribution in [-0.4, -0.2) is 72.9 Å². The second-order valence-electron chi connectivity index (χ2n) is 6.92. The third-order valence-corrected chi connectivity index (χ3v) is 5.28. The molecule has 1 unspecified atom stereocenters. The summed E-state index contributed by atoms with van der Waals surface area (Å²) in [6.07, 6.45) is 0.162. The van der Waals surface area contributed by atoms with E-state index in [1.54, 1.807) is 41.2 Å². The van der Waals surface area contributed by atoms with Crippen LogP contribution in [0.5, 0.6) is 5.75 Å². The standard InChI is InChI=1S/C18H20N4O5/c1-27-14-4-2-12(3-5-14)21-8-11(6-15(21)23)17(25)20-9-13(10-20)22-16(24)7-19-18(22)26/h2-5,11,13H,6-10H2,1H3,(H,19,26). The number of methoxy groups -OCH3 is 1. The van der Waals surface area contributed by atoms with Gasteiger partial charge in [0.15, 0.2) is 0 Å². The molecule has 1 aromatic carbocycles. The average molecular weight is 372 g/mol. The number of hydrogen-bond acceptors (Lipinski definition) is 5. The molecular formula is C18H20N4O5. The summed E-state index contributed by atoms with van der Waals surface area (Å²) in [4.78, 5) is 52.8. The number of benzene rings is 1. The van der Waals surface area contributed by atoms with E-state index in [0.29, 0.717) is 25.4 Å². The number of carbonyl (C=O) groups is 4. The highest BCUT2D eigenvalue weighted by Crippen LogP contribution is 2.29. The molecule has 3 fully saturated rings. The lowest BCUT2D eigenvalue weighted by molar-refractivity contribution is -0.145. The third kappa shape index (κ3) is 2.98. The maximum Gasteiger partial charge on any atom is 0.324 e. The van der Waals surface area contributed by atoms with Gasteiger partial charge >= 0.3 is 6.03 Å². The molecular weight excluding hydrogens is 352 g/mol. The van der Waals surface area contributed by atoms with E-state index >= 15 is 0 Å². The smallest absolute Gasteiger partial charge is 0.324 e. The number of imide groups is 1. The Balaban J connectivity index is 1.36. The van der Waals surface area contributed by atoms with Gasteiger partial charge in [-0.05, 0) is 24.3 Å². The van der Waals surface area contributed by atoms with E-state index in [9.17, 15) is 19.2 Å². The first kappa shape index (κ1) is 17.3. The fourth-order valence-corrected chi connectivity index (χ4v) is 3.75. The van der Waals surface area contributed by atoms with Crippen LogP contribution >= 0.6 is 0 Å². The minimum atomic E-state index is -0.413. The normalized spacial score (nSPS) is 22.9. The molecule has 9 nitrogen and oxygen atoms in total. The number of carbonyl (C=O) groups excluding carboxylic acids is 4. The van der Waals surface area contributed by atoms with E-state index in [-0.39, 0.29) is 36.7 Å². The summed E-state index contributed by atoms with van der Waals surface area (Å²) in [6.45, 7) is 0.988. The molecule has 0 bridgehead atoms. The number of hydrogen-bond donors (Lipinski definition) is 1. The molecule has 0 aliphatic carbocycles. The highest BCUT2D eigenvalue weighted by molar-refractivity contribution is 6.03. The predicted molar refractivity (Wildman–Crippen MR) is 94.1 cm³/mol. The maximum absolute atomic E-state index is 12.7. The highest BCUT2D eigenvalue weighted by Gasteiger charge is 2.46. The van der Waals surface area contributed by atoms with Crippen molar-refractivity contribution in [3.63, 3.8) is 0 Å². The Morgan fingerprint density at radius 3 is 2.37 bits per heavy atom. The van der Waals surface area contributed by atoms with Crippen LogP contribution < -0.4 is 15.0 Å². The van der Waals surface area contributed by atoms with Crippen molar-refractivity contribution in [1.82, 2.24) is 15.1 Å². The van der Waals surface area contributed by atoms with Crippen LogP contribution in [0.4, 0.5) is 10.5 Å². The summed E-state index contributed by atoms with van der Waals surface area (Å²) >= 11 is 0. The zero-order valence-corrected chi connectivity index (χ0v) is 14.9. The van der Waals surface area contributed by atoms with Crippen molar-refractivity contribution in [3.05, 3.63) is 24.3 Å². The second kappa shape index (κ2) is 6.57. The Morgan fingerprint density at radius 2 is 1.78 bits per heavy atom. The molecule has 0 radical (unpaired) electrons. The van der Waals surface area contributed by atoms with E-state index < -0.39 is 11.9 Å². The third-order valence-electron chi connectivity index (χ3n) is 5.28. The van der Waals surface area contributed by atoms with Crippen molar-refractivity contribution in [3.8, 4) is 5.75 Å². The molecule has 3 aliphatic rings. The van der Waals surface area contributed by atoms with E-state index in [1.807, 2.05) is 0 Å². The van der Waals surface area contributed by atoms with Crippen LogP contribution in [-0.2, 0) is 14.4 Å². The highest BCUT2D eigenvalue weighted by atomic mass is 16.5. The first-order chi connectivity index (χ1) is 13.0. The number of ether oxygens (including phenoxy) is 1. The molecule has 3 heterocycles. The van der Waals surface area contributed by atoms with Gasteiger partial charge < -0.3 is 19.9 Å². The molecule has 4 rings (SSSR count). The minimum absolute atomic E-state index is 0.0111. The number of likely N-dealkylation sites (tertiary alicyclic amines) is 1. The van der Waals surface area contributed by atoms with Crippen LogP contribution in [0.1, 0.15) is 6.42 Å². The quantitative estimate of drug-likeness (QED) is 0.739. The Morgan fingerprint density at radius 1 is 1.07 bits per heavy atom. The van der Waals surface area contributed by atoms with Crippen LogP contribution in [0.15, 0.2) is 24.3 Å². The fraction of sp³-hybridized carbons (Fsp3) is 0.444. The minimum Gasteiger partial charge on any atom is -0.497 e. The molecule has 3 saturated heterocycles. The van der Waals surface area contributed by atoms with Crippen molar-refractivity contribution in [2.45, 2.75) is 12.5 Å². The summed E-state index contributed by atoms with van der Waals surface area (Å²) < 4.78 is 5.12. The maximum atomic E-state index is 12.7. The first-order valence-corrected chi connectivity index (χ1v) is 8.81. The number of nitrogens with one attached hydrogen (secondary N) is 1. The number of urea groups is 1. The van der Waals surface area contributed by atoms with Crippen LogP contribution in [0.3, 0.4) is 0 Å². The number of anilines is 1. The molecule has 1 aromatic rings. The Kier molecular flexibility index (Phi) is 4.21. The Hall–Kier alpha value is -3.10. The Labute approximate surface area is 155 Å². The van der Waals surface area contributed by atoms with Crippen molar-refractivity contribution < 1.29 is 23.9 Å². The molecule has 3 aliphatic heterocycles. The zero-order chi connectivity index (χ0) is 19.1. The number of nitrogens with zero attached hydrogens (tertiary/aromatic N) is 3. The van der Waals surface area contributed by atoms with Crippen LogP contribution in [0.25, 0.3) is 0 Å². The van der Waals surface area contributed by atoms with E-state index in [0.717, 1.165) is 5.69 Å². The van der Waals surface area contributed by atoms with Gasteiger partial charge in [-0.25, -0.2) is 4.79 Å². The molecule has 27 heavy (non-hydrogen) atoms. The molecule has 5 amide bonds. The van der Waals surface area contributed by atoms with Crippen molar-refractivity contribution >= 4 is 29.4 Å². The van der Waals surface area contributed by atoms with Gasteiger partial charge in [-0.2, -0.15) is 0 Å². The Bertz CT molecular complexity index is 786. The van der Waals surface area contributed by atoms with Gasteiger partial charge in [0, 0.05) is 31.7 Å². The van der Waals surface area contributed by atoms with Crippen molar-refractivity contribution in [2.75, 3.05) is 38.2 Å². The molecule has 142 valence electrons. The fourth-order valence-electron chi connectivity index (χ4n) is 3.75. The monoisotopic (exact) mass is 372 g/mol. The van der Waals surface area contributed by atoms with E-state index in [1.165, 1.54) is 4.90 Å². The van der Waals surface area contributed by atoms with E-state index in [4.69, 9.17) is 4.74 Å².